The Balaban J connectivity index is 1.55. The van der Waals surface area contributed by atoms with E-state index in [9.17, 15) is 23.7 Å². The fourth-order valence-electron chi connectivity index (χ4n) is 3.32. The number of aromatic nitrogens is 3. The lowest BCUT2D eigenvalue weighted by atomic mass is 10.1. The minimum atomic E-state index is -0.908. The van der Waals surface area contributed by atoms with Gasteiger partial charge in [0.2, 0.25) is 0 Å². The summed E-state index contributed by atoms with van der Waals surface area (Å²) >= 11 is 1.42. The second kappa shape index (κ2) is 11.0. The summed E-state index contributed by atoms with van der Waals surface area (Å²) in [4.78, 5) is 22.9. The number of amides is 2. The van der Waals surface area contributed by atoms with Crippen molar-refractivity contribution in [3.63, 3.8) is 0 Å². The first-order valence-corrected chi connectivity index (χ1v) is 11.7. The minimum Gasteiger partial charge on any atom is -0.331 e. The summed E-state index contributed by atoms with van der Waals surface area (Å²) in [6.45, 7) is 1.93. The third kappa shape index (κ3) is 5.84. The first-order valence-electron chi connectivity index (χ1n) is 10.7. The van der Waals surface area contributed by atoms with Crippen molar-refractivity contribution >= 4 is 29.2 Å². The van der Waals surface area contributed by atoms with Gasteiger partial charge in [0.1, 0.15) is 11.6 Å². The van der Waals surface area contributed by atoms with Crippen molar-refractivity contribution in [2.75, 3.05) is 5.32 Å². The van der Waals surface area contributed by atoms with Crippen molar-refractivity contribution in [2.24, 2.45) is 0 Å². The van der Waals surface area contributed by atoms with Crippen LogP contribution in [0.2, 0.25) is 0 Å². The van der Waals surface area contributed by atoms with Gasteiger partial charge in [-0.25, -0.2) is 13.6 Å². The van der Waals surface area contributed by atoms with E-state index in [1.807, 2.05) is 31.2 Å². The number of nitrogens with zero attached hydrogens (tertiary/aromatic N) is 4. The number of rotatable bonds is 8. The number of anilines is 1. The van der Waals surface area contributed by atoms with Gasteiger partial charge in [0.05, 0.1) is 17.2 Å². The van der Waals surface area contributed by atoms with E-state index in [0.29, 0.717) is 28.5 Å². The second-order valence-corrected chi connectivity index (χ2v) is 8.60. The molecule has 9 nitrogen and oxygen atoms in total. The molecule has 0 bridgehead atoms. The predicted molar refractivity (Wildman–Crippen MR) is 131 cm³/mol. The molecule has 36 heavy (non-hydrogen) atoms. The lowest BCUT2D eigenvalue weighted by molar-refractivity contribution is -0.384. The van der Waals surface area contributed by atoms with Crippen LogP contribution in [0, 0.1) is 28.7 Å². The number of nitro groups is 1. The molecule has 0 fully saturated rings. The van der Waals surface area contributed by atoms with E-state index in [2.05, 4.69) is 20.8 Å². The summed E-state index contributed by atoms with van der Waals surface area (Å²) in [6.07, 6.45) is 0. The Morgan fingerprint density at radius 3 is 2.53 bits per heavy atom. The first-order chi connectivity index (χ1) is 17.3. The summed E-state index contributed by atoms with van der Waals surface area (Å²) in [6, 6.07) is 15.9. The molecule has 0 aliphatic heterocycles. The molecule has 0 radical (unpaired) electrons. The van der Waals surface area contributed by atoms with Crippen LogP contribution in [0.15, 0.2) is 71.9 Å². The lowest BCUT2D eigenvalue weighted by Gasteiger charge is -2.12. The smallest absolute Gasteiger partial charge is 0.319 e. The van der Waals surface area contributed by atoms with Crippen molar-refractivity contribution in [3.8, 4) is 5.69 Å². The van der Waals surface area contributed by atoms with Crippen LogP contribution in [-0.2, 0) is 12.3 Å². The number of aryl methyl sites for hydroxylation is 1. The molecule has 0 aliphatic rings. The standard InChI is InChI=1S/C24H20F2N6O3S/c1-15-4-2-3-5-16(15)14-36-24-30-29-22(31(24)18-7-9-19(10-8-18)32(34)35)13-27-23(33)28-21-11-6-17(25)12-20(21)26/h2-12H,13-14H2,1H3,(H2,27,28,33). The molecule has 3 aromatic carbocycles. The molecule has 184 valence electrons. The largest absolute Gasteiger partial charge is 0.331 e. The zero-order valence-electron chi connectivity index (χ0n) is 18.9. The molecule has 0 unspecified atom stereocenters. The molecule has 1 heterocycles. The Hall–Kier alpha value is -4.32. The van der Waals surface area contributed by atoms with E-state index >= 15 is 0 Å². The Kier molecular flexibility index (Phi) is 7.54. The number of hydrogen-bond donors (Lipinski definition) is 2. The summed E-state index contributed by atoms with van der Waals surface area (Å²) < 4.78 is 28.6. The maximum Gasteiger partial charge on any atom is 0.319 e. The summed E-state index contributed by atoms with van der Waals surface area (Å²) in [5.41, 5.74) is 2.56. The molecule has 2 N–H and O–H groups in total. The number of hydrogen-bond acceptors (Lipinski definition) is 6. The molecule has 0 atom stereocenters. The van der Waals surface area contributed by atoms with Gasteiger partial charge in [0, 0.05) is 29.6 Å². The van der Waals surface area contributed by atoms with E-state index < -0.39 is 22.6 Å². The van der Waals surface area contributed by atoms with E-state index in [0.717, 1.165) is 23.3 Å². The molecule has 12 heteroatoms. The van der Waals surface area contributed by atoms with E-state index in [4.69, 9.17) is 0 Å². The minimum absolute atomic E-state index is 0.0682. The van der Waals surface area contributed by atoms with Gasteiger partial charge in [0.15, 0.2) is 11.0 Å². The van der Waals surface area contributed by atoms with E-state index in [1.165, 1.54) is 23.9 Å². The van der Waals surface area contributed by atoms with Gasteiger partial charge >= 0.3 is 6.03 Å². The average molecular weight is 511 g/mol. The number of nitro benzene ring substituents is 1. The molecule has 1 aromatic heterocycles. The number of halogens is 2. The fourth-order valence-corrected chi connectivity index (χ4v) is 4.37. The van der Waals surface area contributed by atoms with Crippen molar-refractivity contribution in [1.82, 2.24) is 20.1 Å². The molecule has 4 rings (SSSR count). The maximum atomic E-state index is 13.8. The van der Waals surface area contributed by atoms with Gasteiger partial charge in [-0.1, -0.05) is 36.0 Å². The first kappa shape index (κ1) is 24.8. The molecule has 0 saturated carbocycles. The Morgan fingerprint density at radius 1 is 1.08 bits per heavy atom. The van der Waals surface area contributed by atoms with Gasteiger partial charge in [-0.15, -0.1) is 10.2 Å². The average Bonchev–Trinajstić information content (AvgIpc) is 3.27. The molecule has 2 amide bonds. The van der Waals surface area contributed by atoms with Crippen molar-refractivity contribution in [3.05, 3.63) is 105 Å². The predicted octanol–water partition coefficient (Wildman–Crippen LogP) is 5.38. The van der Waals surface area contributed by atoms with Gasteiger partial charge in [0.25, 0.3) is 5.69 Å². The van der Waals surface area contributed by atoms with Gasteiger partial charge in [-0.2, -0.15) is 0 Å². The molecule has 4 aromatic rings. The highest BCUT2D eigenvalue weighted by molar-refractivity contribution is 7.98. The zero-order valence-corrected chi connectivity index (χ0v) is 19.8. The lowest BCUT2D eigenvalue weighted by Crippen LogP contribution is -2.29. The van der Waals surface area contributed by atoms with E-state index in [-0.39, 0.29) is 17.9 Å². The number of nitrogens with one attached hydrogen (secondary N) is 2. The van der Waals surface area contributed by atoms with Gasteiger partial charge in [-0.05, 0) is 42.3 Å². The normalized spacial score (nSPS) is 10.8. The number of urea groups is 1. The molecular formula is C24H20F2N6O3S. The number of carbonyl (C=O) groups excluding carboxylic acids is 1. The van der Waals surface area contributed by atoms with Crippen LogP contribution in [0.25, 0.3) is 5.69 Å². The quantitative estimate of drug-likeness (QED) is 0.187. The monoisotopic (exact) mass is 510 g/mol. The topological polar surface area (TPSA) is 115 Å². The van der Waals surface area contributed by atoms with Crippen molar-refractivity contribution < 1.29 is 18.5 Å². The molecule has 0 saturated heterocycles. The van der Waals surface area contributed by atoms with Crippen molar-refractivity contribution in [1.29, 1.82) is 0 Å². The highest BCUT2D eigenvalue weighted by atomic mass is 32.2. The highest BCUT2D eigenvalue weighted by Crippen LogP contribution is 2.27. The molecular weight excluding hydrogens is 490 g/mol. The van der Waals surface area contributed by atoms with Crippen LogP contribution in [-0.4, -0.2) is 25.7 Å². The second-order valence-electron chi connectivity index (χ2n) is 7.65. The number of thioether (sulfide) groups is 1. The van der Waals surface area contributed by atoms with Crippen LogP contribution in [0.5, 0.6) is 0 Å². The SMILES string of the molecule is Cc1ccccc1CSc1nnc(CNC(=O)Nc2ccc(F)cc2F)n1-c1ccc([N+](=O)[O-])cc1. The summed E-state index contributed by atoms with van der Waals surface area (Å²) in [7, 11) is 0. The van der Waals surface area contributed by atoms with Crippen LogP contribution in [0.1, 0.15) is 17.0 Å². The van der Waals surface area contributed by atoms with Crippen LogP contribution in [0.4, 0.5) is 25.0 Å². The zero-order chi connectivity index (χ0) is 25.7. The summed E-state index contributed by atoms with van der Waals surface area (Å²) in [5, 5.41) is 24.9. The third-order valence-electron chi connectivity index (χ3n) is 5.22. The van der Waals surface area contributed by atoms with Gasteiger partial charge < -0.3 is 10.6 Å². The molecule has 0 spiro atoms. The Labute approximate surface area is 208 Å². The number of carbonyl (C=O) groups is 1. The van der Waals surface area contributed by atoms with Crippen molar-refractivity contribution in [2.45, 2.75) is 24.4 Å². The Bertz CT molecular complexity index is 1410. The fraction of sp³-hybridized carbons (Fsp3) is 0.125. The van der Waals surface area contributed by atoms with Gasteiger partial charge in [-0.3, -0.25) is 14.7 Å². The number of non-ortho nitro benzene ring substituents is 1. The number of benzene rings is 3. The third-order valence-corrected chi connectivity index (χ3v) is 6.20. The van der Waals surface area contributed by atoms with E-state index in [1.54, 1.807) is 16.7 Å². The van der Waals surface area contributed by atoms with Crippen LogP contribution >= 0.6 is 11.8 Å². The molecule has 0 aliphatic carbocycles. The summed E-state index contributed by atoms with van der Waals surface area (Å²) in [5.74, 6) is -0.708. The Morgan fingerprint density at radius 2 is 1.83 bits per heavy atom. The maximum absolute atomic E-state index is 13.8. The van der Waals surface area contributed by atoms with Crippen LogP contribution in [0.3, 0.4) is 0 Å². The highest BCUT2D eigenvalue weighted by Gasteiger charge is 2.17. The van der Waals surface area contributed by atoms with Crippen LogP contribution < -0.4 is 10.6 Å².